The van der Waals surface area contributed by atoms with Crippen LogP contribution in [0, 0.1) is 0 Å². The van der Waals surface area contributed by atoms with Gasteiger partial charge >= 0.3 is 0 Å². The monoisotopic (exact) mass is 450 g/mol. The number of benzene rings is 3. The van der Waals surface area contributed by atoms with Crippen molar-refractivity contribution < 1.29 is 14.2 Å². The molecule has 0 unspecified atom stereocenters. The molecule has 0 amide bonds. The largest absolute Gasteiger partial charge is 0.496 e. The molecule has 0 spiro atoms. The summed E-state index contributed by atoms with van der Waals surface area (Å²) in [5.74, 6) is 2.90. The molecule has 34 heavy (non-hydrogen) atoms. The smallest absolute Gasteiger partial charge is 0.164 e. The van der Waals surface area contributed by atoms with Crippen LogP contribution in [0.15, 0.2) is 78.9 Å². The first-order valence-electron chi connectivity index (χ1n) is 10.9. The average Bonchev–Trinajstić information content (AvgIpc) is 2.90. The Bertz CT molecular complexity index is 1250. The summed E-state index contributed by atoms with van der Waals surface area (Å²) in [5, 5.41) is 0. The van der Waals surface area contributed by atoms with Gasteiger partial charge in [0, 0.05) is 11.1 Å². The van der Waals surface area contributed by atoms with Gasteiger partial charge in [0.1, 0.15) is 17.2 Å². The molecule has 0 aliphatic carbocycles. The van der Waals surface area contributed by atoms with Gasteiger partial charge in [-0.3, -0.25) is 0 Å². The highest BCUT2D eigenvalue weighted by atomic mass is 16.5. The molecule has 0 N–H and O–H groups in total. The van der Waals surface area contributed by atoms with E-state index in [1.807, 2.05) is 103 Å². The minimum atomic E-state index is 0.583. The molecular weight excluding hydrogens is 424 g/mol. The molecule has 3 aromatic carbocycles. The third-order valence-electron chi connectivity index (χ3n) is 5.26. The SMILES string of the molecule is COc1ccccc1/C=C/c1cc(/C=C/c2ccccc2OC)nc(-c2ccccc2OC)n1. The number of para-hydroxylation sites is 3. The van der Waals surface area contributed by atoms with E-state index in [1.54, 1.807) is 21.3 Å². The Morgan fingerprint density at radius 3 is 1.47 bits per heavy atom. The number of ether oxygens (including phenoxy) is 3. The molecule has 4 aromatic rings. The van der Waals surface area contributed by atoms with Crippen LogP contribution in [-0.4, -0.2) is 31.3 Å². The Hall–Kier alpha value is -4.38. The molecule has 0 aliphatic rings. The maximum atomic E-state index is 5.55. The first-order valence-corrected chi connectivity index (χ1v) is 10.9. The Kier molecular flexibility index (Phi) is 7.35. The van der Waals surface area contributed by atoms with Crippen molar-refractivity contribution in [2.24, 2.45) is 0 Å². The van der Waals surface area contributed by atoms with Crippen LogP contribution in [0.1, 0.15) is 22.5 Å². The van der Waals surface area contributed by atoms with E-state index in [4.69, 9.17) is 24.2 Å². The summed E-state index contributed by atoms with van der Waals surface area (Å²) in [6, 6.07) is 25.4. The summed E-state index contributed by atoms with van der Waals surface area (Å²) in [4.78, 5) is 9.59. The zero-order valence-corrected chi connectivity index (χ0v) is 19.4. The molecule has 1 heterocycles. The molecule has 4 rings (SSSR count). The van der Waals surface area contributed by atoms with Crippen molar-refractivity contribution in [1.29, 1.82) is 0 Å². The Morgan fingerprint density at radius 2 is 0.971 bits per heavy atom. The van der Waals surface area contributed by atoms with Gasteiger partial charge in [-0.05, 0) is 54.6 Å². The van der Waals surface area contributed by atoms with Gasteiger partial charge in [0.2, 0.25) is 0 Å². The van der Waals surface area contributed by atoms with Crippen LogP contribution in [-0.2, 0) is 0 Å². The minimum Gasteiger partial charge on any atom is -0.496 e. The molecule has 0 bridgehead atoms. The Morgan fingerprint density at radius 1 is 0.529 bits per heavy atom. The summed E-state index contributed by atoms with van der Waals surface area (Å²) in [5.41, 5.74) is 4.29. The summed E-state index contributed by atoms with van der Waals surface area (Å²) in [7, 11) is 4.97. The molecule has 0 aliphatic heterocycles. The van der Waals surface area contributed by atoms with Crippen LogP contribution in [0.25, 0.3) is 35.7 Å². The van der Waals surface area contributed by atoms with Crippen molar-refractivity contribution in [3.63, 3.8) is 0 Å². The summed E-state index contributed by atoms with van der Waals surface area (Å²) in [6.45, 7) is 0. The molecule has 0 saturated carbocycles. The van der Waals surface area contributed by atoms with Crippen LogP contribution in [0.2, 0.25) is 0 Å². The maximum absolute atomic E-state index is 5.55. The molecule has 0 saturated heterocycles. The fourth-order valence-corrected chi connectivity index (χ4v) is 3.56. The Balaban J connectivity index is 1.78. The van der Waals surface area contributed by atoms with Crippen LogP contribution in [0.4, 0.5) is 0 Å². The quantitative estimate of drug-likeness (QED) is 0.306. The zero-order chi connectivity index (χ0) is 23.8. The van der Waals surface area contributed by atoms with Gasteiger partial charge in [-0.15, -0.1) is 0 Å². The fourth-order valence-electron chi connectivity index (χ4n) is 3.56. The number of methoxy groups -OCH3 is 3. The van der Waals surface area contributed by atoms with E-state index in [-0.39, 0.29) is 0 Å². The van der Waals surface area contributed by atoms with Crippen molar-refractivity contribution >= 4 is 24.3 Å². The van der Waals surface area contributed by atoms with E-state index in [2.05, 4.69) is 0 Å². The van der Waals surface area contributed by atoms with Gasteiger partial charge in [-0.25, -0.2) is 9.97 Å². The van der Waals surface area contributed by atoms with E-state index < -0.39 is 0 Å². The van der Waals surface area contributed by atoms with E-state index in [9.17, 15) is 0 Å². The third-order valence-corrected chi connectivity index (χ3v) is 5.26. The lowest BCUT2D eigenvalue weighted by Gasteiger charge is -2.09. The van der Waals surface area contributed by atoms with Crippen LogP contribution >= 0.6 is 0 Å². The second-order valence-corrected chi connectivity index (χ2v) is 7.39. The van der Waals surface area contributed by atoms with Crippen molar-refractivity contribution in [2.75, 3.05) is 21.3 Å². The van der Waals surface area contributed by atoms with Gasteiger partial charge in [-0.1, -0.05) is 48.5 Å². The molecule has 0 atom stereocenters. The van der Waals surface area contributed by atoms with E-state index in [1.165, 1.54) is 0 Å². The molecule has 5 nitrogen and oxygen atoms in total. The van der Waals surface area contributed by atoms with E-state index in [0.717, 1.165) is 39.6 Å². The van der Waals surface area contributed by atoms with Crippen molar-refractivity contribution in [1.82, 2.24) is 9.97 Å². The normalized spacial score (nSPS) is 11.1. The number of hydrogen-bond donors (Lipinski definition) is 0. The topological polar surface area (TPSA) is 53.5 Å². The predicted octanol–water partition coefficient (Wildman–Crippen LogP) is 6.51. The first-order chi connectivity index (χ1) is 16.7. The summed E-state index contributed by atoms with van der Waals surface area (Å²) < 4.78 is 16.5. The van der Waals surface area contributed by atoms with Crippen molar-refractivity contribution in [3.8, 4) is 28.6 Å². The van der Waals surface area contributed by atoms with Crippen LogP contribution in [0.5, 0.6) is 17.2 Å². The number of rotatable bonds is 8. The zero-order valence-electron chi connectivity index (χ0n) is 19.4. The van der Waals surface area contributed by atoms with Gasteiger partial charge in [0.15, 0.2) is 5.82 Å². The highest BCUT2D eigenvalue weighted by molar-refractivity contribution is 5.76. The molecule has 1 aromatic heterocycles. The number of nitrogens with zero attached hydrogens (tertiary/aromatic N) is 2. The molecule has 0 radical (unpaired) electrons. The summed E-state index contributed by atoms with van der Waals surface area (Å²) >= 11 is 0. The van der Waals surface area contributed by atoms with E-state index >= 15 is 0 Å². The maximum Gasteiger partial charge on any atom is 0.164 e. The lowest BCUT2D eigenvalue weighted by molar-refractivity contribution is 0.414. The van der Waals surface area contributed by atoms with Crippen LogP contribution < -0.4 is 14.2 Å². The predicted molar refractivity (Wildman–Crippen MR) is 138 cm³/mol. The Labute approximate surface area is 200 Å². The molecule has 0 fully saturated rings. The van der Waals surface area contributed by atoms with Crippen molar-refractivity contribution in [2.45, 2.75) is 0 Å². The fraction of sp³-hybridized carbons (Fsp3) is 0.103. The lowest BCUT2D eigenvalue weighted by Crippen LogP contribution is -1.97. The van der Waals surface area contributed by atoms with Gasteiger partial charge in [-0.2, -0.15) is 0 Å². The highest BCUT2D eigenvalue weighted by Gasteiger charge is 2.10. The van der Waals surface area contributed by atoms with Crippen LogP contribution in [0.3, 0.4) is 0 Å². The van der Waals surface area contributed by atoms with Gasteiger partial charge in [0.05, 0.1) is 38.3 Å². The van der Waals surface area contributed by atoms with Gasteiger partial charge < -0.3 is 14.2 Å². The third kappa shape index (κ3) is 5.33. The van der Waals surface area contributed by atoms with E-state index in [0.29, 0.717) is 11.6 Å². The average molecular weight is 451 g/mol. The minimum absolute atomic E-state index is 0.583. The lowest BCUT2D eigenvalue weighted by atomic mass is 10.1. The molecular formula is C29H26N2O3. The first kappa shape index (κ1) is 22.8. The second kappa shape index (κ2) is 11.0. The molecule has 170 valence electrons. The standard InChI is InChI=1S/C29H26N2O3/c1-32-26-13-7-4-10-21(26)16-18-23-20-24(19-17-22-11-5-8-14-27(22)33-2)31-29(30-23)25-12-6-9-15-28(25)34-3/h4-20H,1-3H3/b18-16+,19-17+. The number of aromatic nitrogens is 2. The van der Waals surface area contributed by atoms with Crippen molar-refractivity contribution in [3.05, 3.63) is 101 Å². The molecule has 5 heteroatoms. The summed E-state index contributed by atoms with van der Waals surface area (Å²) in [6.07, 6.45) is 7.89. The van der Waals surface area contributed by atoms with Gasteiger partial charge in [0.25, 0.3) is 0 Å². The highest BCUT2D eigenvalue weighted by Crippen LogP contribution is 2.28. The number of hydrogen-bond acceptors (Lipinski definition) is 5. The second-order valence-electron chi connectivity index (χ2n) is 7.39.